The topological polar surface area (TPSA) is 49.4 Å². The number of nitrogens with one attached hydrogen (secondary N) is 1. The van der Waals surface area contributed by atoms with Gasteiger partial charge in [-0.25, -0.2) is 4.72 Å². The van der Waals surface area contributed by atoms with Crippen molar-refractivity contribution in [1.29, 1.82) is 0 Å². The Balaban J connectivity index is 2.35. The number of halogens is 1. The molecule has 1 atom stereocenters. The zero-order chi connectivity index (χ0) is 11.3. The molecule has 1 unspecified atom stereocenters. The van der Waals surface area contributed by atoms with Gasteiger partial charge in [-0.05, 0) is 19.3 Å². The second-order valence-electron chi connectivity index (χ2n) is 3.85. The molecule has 1 saturated heterocycles. The molecule has 6 heteroatoms. The van der Waals surface area contributed by atoms with E-state index in [4.69, 9.17) is 11.6 Å². The molecule has 1 heterocycles. The molecule has 0 spiro atoms. The SMILES string of the molecule is CCCC(Cl)CNS(=O)(=O)N1CCCC1. The van der Waals surface area contributed by atoms with Crippen LogP contribution in [0.15, 0.2) is 0 Å². The molecule has 0 aromatic rings. The van der Waals surface area contributed by atoms with Gasteiger partial charge in [-0.15, -0.1) is 11.6 Å². The Morgan fingerprint density at radius 1 is 1.40 bits per heavy atom. The van der Waals surface area contributed by atoms with Gasteiger partial charge in [0.1, 0.15) is 0 Å². The van der Waals surface area contributed by atoms with Crippen molar-refractivity contribution in [2.24, 2.45) is 0 Å². The van der Waals surface area contributed by atoms with Gasteiger partial charge in [0, 0.05) is 25.0 Å². The number of hydrogen-bond acceptors (Lipinski definition) is 2. The Morgan fingerprint density at radius 2 is 2.00 bits per heavy atom. The Hall–Kier alpha value is 0.160. The Morgan fingerprint density at radius 3 is 2.53 bits per heavy atom. The summed E-state index contributed by atoms with van der Waals surface area (Å²) in [7, 11) is -3.27. The third kappa shape index (κ3) is 4.26. The minimum absolute atomic E-state index is 0.104. The van der Waals surface area contributed by atoms with E-state index in [1.165, 1.54) is 4.31 Å². The van der Waals surface area contributed by atoms with Gasteiger partial charge in [0.15, 0.2) is 0 Å². The first-order valence-electron chi connectivity index (χ1n) is 5.45. The first kappa shape index (κ1) is 13.2. The first-order valence-corrected chi connectivity index (χ1v) is 7.32. The average Bonchev–Trinajstić information content (AvgIpc) is 2.69. The summed E-state index contributed by atoms with van der Waals surface area (Å²) in [6.07, 6.45) is 3.73. The Labute approximate surface area is 97.2 Å². The van der Waals surface area contributed by atoms with Gasteiger partial charge in [0.2, 0.25) is 0 Å². The van der Waals surface area contributed by atoms with Gasteiger partial charge in [0.05, 0.1) is 0 Å². The first-order chi connectivity index (χ1) is 7.06. The molecule has 1 aliphatic rings. The molecule has 15 heavy (non-hydrogen) atoms. The predicted octanol–water partition coefficient (Wildman–Crippen LogP) is 1.32. The van der Waals surface area contributed by atoms with E-state index in [-0.39, 0.29) is 5.38 Å². The van der Waals surface area contributed by atoms with Crippen molar-refractivity contribution in [2.45, 2.75) is 38.0 Å². The van der Waals surface area contributed by atoms with Crippen molar-refractivity contribution in [3.05, 3.63) is 0 Å². The molecule has 4 nitrogen and oxygen atoms in total. The minimum atomic E-state index is -3.27. The van der Waals surface area contributed by atoms with Crippen molar-refractivity contribution in [1.82, 2.24) is 9.03 Å². The summed E-state index contributed by atoms with van der Waals surface area (Å²) in [6.45, 7) is 3.63. The molecule has 0 radical (unpaired) electrons. The van der Waals surface area contributed by atoms with Crippen LogP contribution in [-0.4, -0.2) is 37.7 Å². The van der Waals surface area contributed by atoms with Gasteiger partial charge < -0.3 is 0 Å². The summed E-state index contributed by atoms with van der Waals surface area (Å²) in [5.74, 6) is 0. The fourth-order valence-electron chi connectivity index (χ4n) is 1.63. The van der Waals surface area contributed by atoms with Crippen LogP contribution in [-0.2, 0) is 10.2 Å². The summed E-state index contributed by atoms with van der Waals surface area (Å²) >= 11 is 5.95. The molecule has 1 aliphatic heterocycles. The number of hydrogen-bond donors (Lipinski definition) is 1. The number of nitrogens with zero attached hydrogens (tertiary/aromatic N) is 1. The van der Waals surface area contributed by atoms with Gasteiger partial charge in [-0.2, -0.15) is 12.7 Å². The summed E-state index contributed by atoms with van der Waals surface area (Å²) in [5.41, 5.74) is 0. The molecule has 0 aromatic heterocycles. The van der Waals surface area contributed by atoms with Crippen LogP contribution in [0.3, 0.4) is 0 Å². The monoisotopic (exact) mass is 254 g/mol. The quantitative estimate of drug-likeness (QED) is 0.727. The van der Waals surface area contributed by atoms with Crippen LogP contribution in [0.2, 0.25) is 0 Å². The summed E-state index contributed by atoms with van der Waals surface area (Å²) in [5, 5.41) is -0.104. The summed E-state index contributed by atoms with van der Waals surface area (Å²) in [4.78, 5) is 0. The number of rotatable bonds is 6. The molecule has 0 aliphatic carbocycles. The van der Waals surface area contributed by atoms with Crippen LogP contribution in [0.4, 0.5) is 0 Å². The Bertz CT molecular complexity index is 276. The lowest BCUT2D eigenvalue weighted by molar-refractivity contribution is 0.463. The molecule has 0 aromatic carbocycles. The maximum atomic E-state index is 11.7. The lowest BCUT2D eigenvalue weighted by Crippen LogP contribution is -2.41. The minimum Gasteiger partial charge on any atom is -0.201 e. The second-order valence-corrected chi connectivity index (χ2v) is 6.22. The van der Waals surface area contributed by atoms with Crippen molar-refractivity contribution in [3.63, 3.8) is 0 Å². The van der Waals surface area contributed by atoms with Crippen LogP contribution >= 0.6 is 11.6 Å². The van der Waals surface area contributed by atoms with E-state index in [2.05, 4.69) is 4.72 Å². The lowest BCUT2D eigenvalue weighted by atomic mass is 10.2. The zero-order valence-electron chi connectivity index (χ0n) is 9.08. The largest absolute Gasteiger partial charge is 0.279 e. The third-order valence-corrected chi connectivity index (χ3v) is 4.44. The molecular weight excluding hydrogens is 236 g/mol. The van der Waals surface area contributed by atoms with E-state index in [0.29, 0.717) is 19.6 Å². The van der Waals surface area contributed by atoms with Crippen molar-refractivity contribution in [2.75, 3.05) is 19.6 Å². The summed E-state index contributed by atoms with van der Waals surface area (Å²) < 4.78 is 27.4. The molecular formula is C9H19ClN2O2S. The summed E-state index contributed by atoms with van der Waals surface area (Å²) in [6, 6.07) is 0. The van der Waals surface area contributed by atoms with E-state index >= 15 is 0 Å². The van der Waals surface area contributed by atoms with Crippen molar-refractivity contribution < 1.29 is 8.42 Å². The van der Waals surface area contributed by atoms with Crippen LogP contribution < -0.4 is 4.72 Å². The fourth-order valence-corrected chi connectivity index (χ4v) is 3.35. The highest BCUT2D eigenvalue weighted by Gasteiger charge is 2.25. The maximum Gasteiger partial charge on any atom is 0.279 e. The Kier molecular flexibility index (Phi) is 5.32. The highest BCUT2D eigenvalue weighted by molar-refractivity contribution is 7.87. The van der Waals surface area contributed by atoms with E-state index < -0.39 is 10.2 Å². The normalized spacial score (nSPS) is 20.7. The molecule has 0 saturated carbocycles. The maximum absolute atomic E-state index is 11.7. The predicted molar refractivity (Wildman–Crippen MR) is 62.3 cm³/mol. The molecule has 1 fully saturated rings. The highest BCUT2D eigenvalue weighted by Crippen LogP contribution is 2.12. The second kappa shape index (κ2) is 6.03. The smallest absolute Gasteiger partial charge is 0.201 e. The van der Waals surface area contributed by atoms with E-state index in [9.17, 15) is 8.42 Å². The average molecular weight is 255 g/mol. The molecule has 90 valence electrons. The van der Waals surface area contributed by atoms with Crippen molar-refractivity contribution in [3.8, 4) is 0 Å². The molecule has 1 rings (SSSR count). The van der Waals surface area contributed by atoms with Crippen molar-refractivity contribution >= 4 is 21.8 Å². The van der Waals surface area contributed by atoms with Crippen LogP contribution in [0.25, 0.3) is 0 Å². The van der Waals surface area contributed by atoms with E-state index in [1.54, 1.807) is 0 Å². The standard InChI is InChI=1S/C9H19ClN2O2S/c1-2-5-9(10)8-11-15(13,14)12-6-3-4-7-12/h9,11H,2-8H2,1H3. The lowest BCUT2D eigenvalue weighted by Gasteiger charge is -2.17. The van der Waals surface area contributed by atoms with Gasteiger partial charge in [-0.3, -0.25) is 0 Å². The van der Waals surface area contributed by atoms with E-state index in [1.807, 2.05) is 6.92 Å². The fraction of sp³-hybridized carbons (Fsp3) is 1.00. The van der Waals surface area contributed by atoms with Crippen LogP contribution in [0.5, 0.6) is 0 Å². The van der Waals surface area contributed by atoms with Crippen LogP contribution in [0, 0.1) is 0 Å². The van der Waals surface area contributed by atoms with Gasteiger partial charge in [0.25, 0.3) is 10.2 Å². The third-order valence-electron chi connectivity index (χ3n) is 2.49. The molecule has 1 N–H and O–H groups in total. The van der Waals surface area contributed by atoms with Crippen LogP contribution in [0.1, 0.15) is 32.6 Å². The zero-order valence-corrected chi connectivity index (χ0v) is 10.6. The number of alkyl halides is 1. The van der Waals surface area contributed by atoms with Gasteiger partial charge in [-0.1, -0.05) is 13.3 Å². The molecule has 0 amide bonds. The van der Waals surface area contributed by atoms with E-state index in [0.717, 1.165) is 25.7 Å². The highest BCUT2D eigenvalue weighted by atomic mass is 35.5. The van der Waals surface area contributed by atoms with Gasteiger partial charge >= 0.3 is 0 Å². The molecule has 0 bridgehead atoms.